The molecule has 13 heteroatoms. The van der Waals surface area contributed by atoms with Crippen molar-refractivity contribution in [2.45, 2.75) is 63.2 Å². The topological polar surface area (TPSA) is 165 Å². The van der Waals surface area contributed by atoms with Gasteiger partial charge in [0, 0.05) is 59.7 Å². The number of hydrogen-bond acceptors (Lipinski definition) is 9. The van der Waals surface area contributed by atoms with Gasteiger partial charge >= 0.3 is 0 Å². The predicted octanol–water partition coefficient (Wildman–Crippen LogP) is 4.09. The van der Waals surface area contributed by atoms with Crippen molar-refractivity contribution in [1.82, 2.24) is 15.0 Å². The number of nitrogen functional groups attached to an aromatic ring is 1. The van der Waals surface area contributed by atoms with Gasteiger partial charge in [-0.15, -0.1) is 5.10 Å². The van der Waals surface area contributed by atoms with Gasteiger partial charge in [0.2, 0.25) is 0 Å². The van der Waals surface area contributed by atoms with E-state index < -0.39 is 20.0 Å². The average Bonchev–Trinajstić information content (AvgIpc) is 3.70. The van der Waals surface area contributed by atoms with Crippen LogP contribution in [0.1, 0.15) is 40.5 Å². The maximum atomic E-state index is 14.8. The number of carbonyl (C=O) groups excluding carboxylic acids is 2. The number of rotatable bonds is 11. The predicted molar refractivity (Wildman–Crippen MR) is 184 cm³/mol. The average molecular weight is 671 g/mol. The number of nitrogens with zero attached hydrogens (tertiary/aromatic N) is 4. The highest BCUT2D eigenvalue weighted by Crippen LogP contribution is 2.60. The van der Waals surface area contributed by atoms with E-state index in [1.807, 2.05) is 56.4 Å². The monoisotopic (exact) mass is 670 g/mol. The number of nitrogens with two attached hydrogens (primary N) is 1. The second-order valence-electron chi connectivity index (χ2n) is 13.1. The first-order chi connectivity index (χ1) is 22.9. The second kappa shape index (κ2) is 13.2. The molecule has 6 rings (SSSR count). The third-order valence-corrected chi connectivity index (χ3v) is 12.0. The highest BCUT2D eigenvalue weighted by atomic mass is 28.4. The minimum Gasteiger partial charge on any atom is -0.497 e. The minimum atomic E-state index is -2.87. The highest BCUT2D eigenvalue weighted by Gasteiger charge is 2.66. The van der Waals surface area contributed by atoms with Crippen LogP contribution < -0.4 is 20.7 Å². The van der Waals surface area contributed by atoms with Crippen LogP contribution in [0.25, 0.3) is 0 Å². The summed E-state index contributed by atoms with van der Waals surface area (Å²) in [4.78, 5) is 41.1. The number of aromatic nitrogens is 3. The molecular formula is C35H42N6O6Si. The third-order valence-electron chi connectivity index (χ3n) is 9.49. The fourth-order valence-corrected chi connectivity index (χ4v) is 9.92. The number of amides is 2. The Kier molecular flexibility index (Phi) is 9.13. The van der Waals surface area contributed by atoms with E-state index in [4.69, 9.17) is 15.2 Å². The molecule has 1 fully saturated rings. The molecule has 1 aromatic heterocycles. The lowest BCUT2D eigenvalue weighted by Crippen LogP contribution is -2.46. The molecule has 2 aliphatic rings. The van der Waals surface area contributed by atoms with Crippen molar-refractivity contribution in [3.05, 3.63) is 95.3 Å². The number of ether oxygens (including phenoxy) is 2. The summed E-state index contributed by atoms with van der Waals surface area (Å²) in [5, 5.41) is 20.5. The standard InChI is InChI=1S/C35H42N6O6Si/c1-22-32(48(3,4)45)31(14-16-40-21-27(15-17-42)38-39-40)47-35(22)29-19-28(46-2)12-13-30(29)41(34(35)44)20-23-6-5-7-26(18-23)37-33(43)24-8-10-25(36)11-9-24/h5-13,18-19,21-22,31-32,42,45H,14-17,20,36H2,1-4H3,(H,37,43)/t22-,31+,32-,35+/m0/s1. The van der Waals surface area contributed by atoms with Gasteiger partial charge in [0.25, 0.3) is 11.8 Å². The first-order valence-corrected chi connectivity index (χ1v) is 19.1. The summed E-state index contributed by atoms with van der Waals surface area (Å²) >= 11 is 0. The molecule has 2 aliphatic heterocycles. The van der Waals surface area contributed by atoms with Crippen LogP contribution in [0.15, 0.2) is 72.9 Å². The molecule has 0 aliphatic carbocycles. The fraction of sp³-hybridized carbons (Fsp3) is 0.371. The molecule has 0 bridgehead atoms. The Bertz CT molecular complexity index is 1810. The Balaban J connectivity index is 1.30. The van der Waals surface area contributed by atoms with Gasteiger partial charge in [0.05, 0.1) is 31.1 Å². The van der Waals surface area contributed by atoms with Gasteiger partial charge in [0.15, 0.2) is 13.9 Å². The van der Waals surface area contributed by atoms with Crippen molar-refractivity contribution in [2.75, 3.05) is 29.7 Å². The summed E-state index contributed by atoms with van der Waals surface area (Å²) in [5.41, 5.74) is 8.77. The lowest BCUT2D eigenvalue weighted by molar-refractivity contribution is -0.146. The van der Waals surface area contributed by atoms with E-state index >= 15 is 0 Å². The van der Waals surface area contributed by atoms with Crippen molar-refractivity contribution < 1.29 is 29.0 Å². The molecule has 0 saturated carbocycles. The third kappa shape index (κ3) is 6.21. The lowest BCUT2D eigenvalue weighted by atomic mass is 9.82. The SMILES string of the molecule is COc1ccc2c(c1)[C@@]1(O[C@H](CCn3cc(CCO)nn3)[C@@H]([Si](C)(C)O)[C@@H]1C)C(=O)N2Cc1cccc(NC(=O)c2ccc(N)cc2)c1. The molecule has 1 spiro atoms. The number of aliphatic hydroxyl groups is 1. The van der Waals surface area contributed by atoms with Gasteiger partial charge in [0.1, 0.15) is 5.75 Å². The van der Waals surface area contributed by atoms with E-state index in [-0.39, 0.29) is 36.4 Å². The number of anilines is 3. The van der Waals surface area contributed by atoms with Gasteiger partial charge in [-0.2, -0.15) is 0 Å². The molecule has 0 unspecified atom stereocenters. The summed E-state index contributed by atoms with van der Waals surface area (Å²) < 4.78 is 14.3. The van der Waals surface area contributed by atoms with E-state index in [0.29, 0.717) is 59.0 Å². The van der Waals surface area contributed by atoms with Crippen molar-refractivity contribution in [3.8, 4) is 5.75 Å². The second-order valence-corrected chi connectivity index (χ2v) is 17.1. The van der Waals surface area contributed by atoms with Crippen LogP contribution in [0.4, 0.5) is 17.1 Å². The van der Waals surface area contributed by atoms with Gasteiger partial charge in [-0.3, -0.25) is 14.3 Å². The van der Waals surface area contributed by atoms with Crippen molar-refractivity contribution in [2.24, 2.45) is 5.92 Å². The molecule has 3 heterocycles. The van der Waals surface area contributed by atoms with Crippen LogP contribution >= 0.6 is 0 Å². The molecule has 4 aromatic rings. The number of hydrogen-bond donors (Lipinski definition) is 4. The molecule has 0 radical (unpaired) electrons. The number of aliphatic hydroxyl groups excluding tert-OH is 1. The summed E-state index contributed by atoms with van der Waals surface area (Å²) in [6.07, 6.45) is 2.31. The fourth-order valence-electron chi connectivity index (χ4n) is 7.31. The zero-order valence-corrected chi connectivity index (χ0v) is 28.6. The van der Waals surface area contributed by atoms with Crippen LogP contribution in [0.2, 0.25) is 18.6 Å². The maximum Gasteiger partial charge on any atom is 0.264 e. The Labute approximate surface area is 280 Å². The normalized spacial score (nSPS) is 21.9. The Morgan fingerprint density at radius 2 is 1.92 bits per heavy atom. The number of carbonyl (C=O) groups is 2. The number of nitrogens with one attached hydrogen (secondary N) is 1. The van der Waals surface area contributed by atoms with E-state index in [0.717, 1.165) is 5.56 Å². The maximum absolute atomic E-state index is 14.8. The first kappa shape index (κ1) is 33.3. The zero-order chi connectivity index (χ0) is 34.2. The van der Waals surface area contributed by atoms with E-state index in [2.05, 4.69) is 15.6 Å². The Hall–Kier alpha value is -4.56. The van der Waals surface area contributed by atoms with Crippen molar-refractivity contribution in [1.29, 1.82) is 0 Å². The van der Waals surface area contributed by atoms with E-state index in [1.54, 1.807) is 53.2 Å². The zero-order valence-electron chi connectivity index (χ0n) is 27.6. The molecule has 4 atom stereocenters. The lowest BCUT2D eigenvalue weighted by Gasteiger charge is -2.32. The molecule has 5 N–H and O–H groups in total. The number of fused-ring (bicyclic) bond motifs is 2. The molecule has 3 aromatic carbocycles. The summed E-state index contributed by atoms with van der Waals surface area (Å²) in [6.45, 7) is 6.50. The van der Waals surface area contributed by atoms with Gasteiger partial charge in [-0.1, -0.05) is 24.3 Å². The number of benzene rings is 3. The van der Waals surface area contributed by atoms with Gasteiger partial charge in [-0.05, 0) is 79.7 Å². The molecule has 2 amide bonds. The number of methoxy groups -OCH3 is 1. The minimum absolute atomic E-state index is 0.0130. The first-order valence-electron chi connectivity index (χ1n) is 16.1. The van der Waals surface area contributed by atoms with Crippen molar-refractivity contribution in [3.63, 3.8) is 0 Å². The van der Waals surface area contributed by atoms with Crippen LogP contribution in [0.5, 0.6) is 5.75 Å². The highest BCUT2D eigenvalue weighted by molar-refractivity contribution is 6.71. The van der Waals surface area contributed by atoms with Crippen LogP contribution in [-0.4, -0.2) is 64.8 Å². The summed E-state index contributed by atoms with van der Waals surface area (Å²) in [7, 11) is -1.28. The van der Waals surface area contributed by atoms with E-state index in [1.165, 1.54) is 0 Å². The Morgan fingerprint density at radius 3 is 2.62 bits per heavy atom. The summed E-state index contributed by atoms with van der Waals surface area (Å²) in [6, 6.07) is 19.7. The van der Waals surface area contributed by atoms with Crippen LogP contribution in [0.3, 0.4) is 0 Å². The molecule has 48 heavy (non-hydrogen) atoms. The van der Waals surface area contributed by atoms with E-state index in [9.17, 15) is 19.5 Å². The van der Waals surface area contributed by atoms with Gasteiger partial charge < -0.3 is 35.3 Å². The molecule has 12 nitrogen and oxygen atoms in total. The van der Waals surface area contributed by atoms with Gasteiger partial charge in [-0.25, -0.2) is 0 Å². The quantitative estimate of drug-likeness (QED) is 0.136. The molecule has 1 saturated heterocycles. The van der Waals surface area contributed by atoms with Crippen LogP contribution in [-0.2, 0) is 34.6 Å². The Morgan fingerprint density at radius 1 is 1.15 bits per heavy atom. The molecule has 252 valence electrons. The largest absolute Gasteiger partial charge is 0.497 e. The van der Waals surface area contributed by atoms with Crippen LogP contribution in [0, 0.1) is 5.92 Å². The molecular weight excluding hydrogens is 629 g/mol. The van der Waals surface area contributed by atoms with Crippen molar-refractivity contribution >= 4 is 37.2 Å². The summed E-state index contributed by atoms with van der Waals surface area (Å²) in [5.74, 6) is -0.210. The smallest absolute Gasteiger partial charge is 0.264 e. The number of aryl methyl sites for hydroxylation is 1.